The van der Waals surface area contributed by atoms with Crippen LogP contribution >= 0.6 is 0 Å². The monoisotopic (exact) mass is 369 g/mol. The van der Waals surface area contributed by atoms with E-state index in [9.17, 15) is 9.59 Å². The van der Waals surface area contributed by atoms with Crippen molar-refractivity contribution in [1.82, 2.24) is 15.1 Å². The number of aliphatic carboxylic acids is 1. The first kappa shape index (κ1) is 19.1. The lowest BCUT2D eigenvalue weighted by atomic mass is 10.1. The van der Waals surface area contributed by atoms with Crippen molar-refractivity contribution in [2.75, 3.05) is 6.54 Å². The topological polar surface area (TPSA) is 84.2 Å². The van der Waals surface area contributed by atoms with Crippen LogP contribution in [0.4, 0.5) is 0 Å². The maximum absolute atomic E-state index is 12.6. The molecule has 0 radical (unpaired) electrons. The summed E-state index contributed by atoms with van der Waals surface area (Å²) in [4.78, 5) is 23.1. The fourth-order valence-electron chi connectivity index (χ4n) is 3.57. The fraction of sp³-hybridized carbons (Fsp3) is 0.476. The van der Waals surface area contributed by atoms with E-state index in [0.29, 0.717) is 18.7 Å². The van der Waals surface area contributed by atoms with Crippen LogP contribution in [0.1, 0.15) is 66.3 Å². The molecule has 0 fully saturated rings. The van der Waals surface area contributed by atoms with Crippen molar-refractivity contribution in [2.24, 2.45) is 0 Å². The van der Waals surface area contributed by atoms with Crippen LogP contribution in [0.2, 0.25) is 0 Å². The Labute approximate surface area is 159 Å². The van der Waals surface area contributed by atoms with Gasteiger partial charge in [-0.1, -0.05) is 25.5 Å². The van der Waals surface area contributed by atoms with E-state index in [4.69, 9.17) is 5.11 Å². The fourth-order valence-corrected chi connectivity index (χ4v) is 3.57. The number of fused-ring (bicyclic) bond motifs is 1. The van der Waals surface area contributed by atoms with Crippen LogP contribution < -0.4 is 5.32 Å². The first-order valence-electron chi connectivity index (χ1n) is 9.80. The molecular weight excluding hydrogens is 342 g/mol. The Morgan fingerprint density at radius 3 is 2.63 bits per heavy atom. The van der Waals surface area contributed by atoms with Gasteiger partial charge in [-0.05, 0) is 56.2 Å². The number of hydrogen-bond acceptors (Lipinski definition) is 3. The summed E-state index contributed by atoms with van der Waals surface area (Å²) < 4.78 is 1.92. The van der Waals surface area contributed by atoms with Crippen LogP contribution in [0.5, 0.6) is 0 Å². The third-order valence-electron chi connectivity index (χ3n) is 5.09. The zero-order valence-corrected chi connectivity index (χ0v) is 15.8. The summed E-state index contributed by atoms with van der Waals surface area (Å²) >= 11 is 0. The predicted molar refractivity (Wildman–Crippen MR) is 103 cm³/mol. The number of unbranched alkanes of at least 4 members (excludes halogenated alkanes) is 2. The van der Waals surface area contributed by atoms with E-state index in [-0.39, 0.29) is 12.3 Å². The normalized spacial score (nSPS) is 12.8. The van der Waals surface area contributed by atoms with Crippen LogP contribution in [0.15, 0.2) is 24.3 Å². The number of carbonyl (C=O) groups excluding carboxylic acids is 1. The largest absolute Gasteiger partial charge is 0.481 e. The highest BCUT2D eigenvalue weighted by Gasteiger charge is 2.26. The van der Waals surface area contributed by atoms with Gasteiger partial charge in [0, 0.05) is 24.2 Å². The zero-order chi connectivity index (χ0) is 19.2. The molecule has 0 spiro atoms. The van der Waals surface area contributed by atoms with Crippen molar-refractivity contribution in [3.63, 3.8) is 0 Å². The SMILES string of the molecule is CCc1ccc(-n2nc(C(=O)NCCCCCC(=O)O)c3c2CCC3)cc1. The molecule has 1 aliphatic rings. The number of carboxylic acid groups (broad SMARTS) is 1. The summed E-state index contributed by atoms with van der Waals surface area (Å²) in [7, 11) is 0. The van der Waals surface area contributed by atoms with Gasteiger partial charge >= 0.3 is 5.97 Å². The molecule has 0 atom stereocenters. The average molecular weight is 369 g/mol. The number of amides is 1. The molecule has 0 saturated carbocycles. The smallest absolute Gasteiger partial charge is 0.303 e. The summed E-state index contributed by atoms with van der Waals surface area (Å²) in [5.74, 6) is -0.901. The molecule has 1 aliphatic carbocycles. The Balaban J connectivity index is 1.65. The molecule has 0 unspecified atom stereocenters. The van der Waals surface area contributed by atoms with Gasteiger partial charge in [-0.15, -0.1) is 0 Å². The number of rotatable bonds is 9. The molecule has 1 heterocycles. The number of aromatic nitrogens is 2. The molecule has 2 aromatic rings. The van der Waals surface area contributed by atoms with E-state index in [2.05, 4.69) is 41.6 Å². The van der Waals surface area contributed by atoms with Gasteiger partial charge < -0.3 is 10.4 Å². The minimum absolute atomic E-state index is 0.129. The third-order valence-corrected chi connectivity index (χ3v) is 5.09. The number of carboxylic acids is 1. The van der Waals surface area contributed by atoms with E-state index in [1.807, 2.05) is 4.68 Å². The van der Waals surface area contributed by atoms with E-state index in [1.165, 1.54) is 5.56 Å². The van der Waals surface area contributed by atoms with Gasteiger partial charge in [-0.2, -0.15) is 5.10 Å². The van der Waals surface area contributed by atoms with Crippen LogP contribution in [-0.4, -0.2) is 33.3 Å². The Bertz CT molecular complexity index is 809. The second-order valence-electron chi connectivity index (χ2n) is 7.02. The minimum Gasteiger partial charge on any atom is -0.481 e. The highest BCUT2D eigenvalue weighted by atomic mass is 16.4. The van der Waals surface area contributed by atoms with E-state index < -0.39 is 5.97 Å². The average Bonchev–Trinajstić information content (AvgIpc) is 3.27. The maximum Gasteiger partial charge on any atom is 0.303 e. The summed E-state index contributed by atoms with van der Waals surface area (Å²) in [6.07, 6.45) is 6.28. The quantitative estimate of drug-likeness (QED) is 0.664. The minimum atomic E-state index is -0.771. The Hall–Kier alpha value is -2.63. The number of benzene rings is 1. The number of nitrogens with zero attached hydrogens (tertiary/aromatic N) is 2. The lowest BCUT2D eigenvalue weighted by Crippen LogP contribution is -2.26. The Morgan fingerprint density at radius 1 is 1.15 bits per heavy atom. The molecule has 2 N–H and O–H groups in total. The Kier molecular flexibility index (Phi) is 6.27. The second-order valence-corrected chi connectivity index (χ2v) is 7.02. The molecule has 27 heavy (non-hydrogen) atoms. The van der Waals surface area contributed by atoms with Gasteiger partial charge in [0.25, 0.3) is 5.91 Å². The van der Waals surface area contributed by atoms with Crippen LogP contribution in [-0.2, 0) is 24.1 Å². The summed E-state index contributed by atoms with van der Waals surface area (Å²) in [6, 6.07) is 8.34. The number of carbonyl (C=O) groups is 2. The number of aryl methyl sites for hydroxylation is 1. The molecular formula is C21H27N3O3. The first-order valence-corrected chi connectivity index (χ1v) is 9.80. The predicted octanol–water partition coefficient (Wildman–Crippen LogP) is 3.30. The number of hydrogen-bond donors (Lipinski definition) is 2. The van der Waals surface area contributed by atoms with Crippen molar-refractivity contribution in [3.8, 4) is 5.69 Å². The van der Waals surface area contributed by atoms with Crippen molar-refractivity contribution >= 4 is 11.9 Å². The van der Waals surface area contributed by atoms with Gasteiger partial charge in [0.2, 0.25) is 0 Å². The van der Waals surface area contributed by atoms with Crippen LogP contribution in [0.25, 0.3) is 5.69 Å². The summed E-state index contributed by atoms with van der Waals surface area (Å²) in [5, 5.41) is 16.2. The second kappa shape index (κ2) is 8.84. The van der Waals surface area contributed by atoms with Gasteiger partial charge in [0.05, 0.1) is 5.69 Å². The molecule has 144 valence electrons. The standard InChI is InChI=1S/C21H27N3O3/c1-2-15-10-12-16(13-11-15)24-18-8-6-7-17(18)20(23-24)21(27)22-14-5-3-4-9-19(25)26/h10-13H,2-9,14H2,1H3,(H,22,27)(H,25,26). The lowest BCUT2D eigenvalue weighted by Gasteiger charge is -2.06. The maximum atomic E-state index is 12.6. The van der Waals surface area contributed by atoms with Crippen molar-refractivity contribution in [1.29, 1.82) is 0 Å². The van der Waals surface area contributed by atoms with E-state index >= 15 is 0 Å². The van der Waals surface area contributed by atoms with Crippen LogP contribution in [0.3, 0.4) is 0 Å². The summed E-state index contributed by atoms with van der Waals surface area (Å²) in [5.41, 5.74) is 5.03. The van der Waals surface area contributed by atoms with Gasteiger partial charge in [0.15, 0.2) is 5.69 Å². The molecule has 0 aliphatic heterocycles. The molecule has 1 aromatic carbocycles. The van der Waals surface area contributed by atoms with Crippen LogP contribution in [0, 0.1) is 0 Å². The van der Waals surface area contributed by atoms with Crippen molar-refractivity contribution in [2.45, 2.75) is 58.3 Å². The molecule has 3 rings (SSSR count). The molecule has 1 amide bonds. The highest BCUT2D eigenvalue weighted by Crippen LogP contribution is 2.28. The molecule has 6 heteroatoms. The number of nitrogens with one attached hydrogen (secondary N) is 1. The van der Waals surface area contributed by atoms with Gasteiger partial charge in [-0.3, -0.25) is 9.59 Å². The Morgan fingerprint density at radius 2 is 1.93 bits per heavy atom. The summed E-state index contributed by atoms with van der Waals surface area (Å²) in [6.45, 7) is 2.68. The molecule has 0 saturated heterocycles. The molecule has 1 aromatic heterocycles. The first-order chi connectivity index (χ1) is 13.1. The van der Waals surface area contributed by atoms with Crippen molar-refractivity contribution in [3.05, 3.63) is 46.8 Å². The van der Waals surface area contributed by atoms with Gasteiger partial charge in [-0.25, -0.2) is 4.68 Å². The van der Waals surface area contributed by atoms with Gasteiger partial charge in [0.1, 0.15) is 0 Å². The zero-order valence-electron chi connectivity index (χ0n) is 15.8. The molecule has 6 nitrogen and oxygen atoms in total. The third kappa shape index (κ3) is 4.56. The molecule has 0 bridgehead atoms. The van der Waals surface area contributed by atoms with E-state index in [0.717, 1.165) is 55.5 Å². The lowest BCUT2D eigenvalue weighted by molar-refractivity contribution is -0.137. The highest BCUT2D eigenvalue weighted by molar-refractivity contribution is 5.94. The van der Waals surface area contributed by atoms with Crippen molar-refractivity contribution < 1.29 is 14.7 Å². The van der Waals surface area contributed by atoms with E-state index in [1.54, 1.807) is 0 Å².